The second-order valence-corrected chi connectivity index (χ2v) is 4.39. The molecule has 18 heavy (non-hydrogen) atoms. The van der Waals surface area contributed by atoms with Crippen molar-refractivity contribution < 1.29 is 4.39 Å². The molecular formula is C13H9ClFN3. The average Bonchev–Trinajstić information content (AvgIpc) is 2.79. The first kappa shape index (κ1) is 11.2. The molecule has 0 aliphatic heterocycles. The van der Waals surface area contributed by atoms with Gasteiger partial charge in [-0.3, -0.25) is 4.98 Å². The van der Waals surface area contributed by atoms with Gasteiger partial charge in [0, 0.05) is 17.5 Å². The Balaban J connectivity index is 2.26. The predicted octanol–water partition coefficient (Wildman–Crippen LogP) is 3.73. The summed E-state index contributed by atoms with van der Waals surface area (Å²) in [4.78, 5) is 11.5. The first-order chi connectivity index (χ1) is 8.66. The van der Waals surface area contributed by atoms with Crippen LogP contribution in [0.4, 0.5) is 4.39 Å². The smallest absolute Gasteiger partial charge is 0.169 e. The van der Waals surface area contributed by atoms with Gasteiger partial charge in [0.25, 0.3) is 0 Å². The van der Waals surface area contributed by atoms with Gasteiger partial charge < -0.3 is 4.98 Å². The molecule has 0 unspecified atom stereocenters. The molecular weight excluding hydrogens is 253 g/mol. The van der Waals surface area contributed by atoms with Crippen molar-refractivity contribution in [3.05, 3.63) is 47.0 Å². The van der Waals surface area contributed by atoms with Crippen LogP contribution in [0.2, 0.25) is 5.02 Å². The first-order valence-electron chi connectivity index (χ1n) is 5.42. The van der Waals surface area contributed by atoms with E-state index in [1.165, 1.54) is 6.07 Å². The van der Waals surface area contributed by atoms with E-state index in [0.717, 1.165) is 11.3 Å². The molecule has 0 aliphatic carbocycles. The first-order valence-corrected chi connectivity index (χ1v) is 5.80. The van der Waals surface area contributed by atoms with E-state index in [9.17, 15) is 4.39 Å². The molecule has 3 rings (SSSR count). The highest BCUT2D eigenvalue weighted by molar-refractivity contribution is 6.31. The highest BCUT2D eigenvalue weighted by Crippen LogP contribution is 2.26. The third-order valence-corrected chi connectivity index (χ3v) is 3.10. The van der Waals surface area contributed by atoms with Crippen molar-refractivity contribution in [3.63, 3.8) is 0 Å². The molecule has 0 fully saturated rings. The summed E-state index contributed by atoms with van der Waals surface area (Å²) >= 11 is 5.73. The summed E-state index contributed by atoms with van der Waals surface area (Å²) in [5.41, 5.74) is 2.56. The zero-order valence-corrected chi connectivity index (χ0v) is 10.3. The fourth-order valence-electron chi connectivity index (χ4n) is 1.88. The molecule has 1 aromatic carbocycles. The van der Waals surface area contributed by atoms with E-state index >= 15 is 0 Å². The molecule has 3 aromatic rings. The lowest BCUT2D eigenvalue weighted by atomic mass is 10.2. The number of nitrogens with zero attached hydrogens (tertiary/aromatic N) is 2. The number of imidazole rings is 1. The number of hydrogen-bond donors (Lipinski definition) is 1. The maximum absolute atomic E-state index is 13.8. The molecule has 90 valence electrons. The normalized spacial score (nSPS) is 11.1. The van der Waals surface area contributed by atoms with Crippen molar-refractivity contribution in [1.29, 1.82) is 0 Å². The van der Waals surface area contributed by atoms with E-state index in [-0.39, 0.29) is 10.5 Å². The van der Waals surface area contributed by atoms with Gasteiger partial charge in [0.1, 0.15) is 11.3 Å². The fourth-order valence-corrected chi connectivity index (χ4v) is 2.03. The van der Waals surface area contributed by atoms with Gasteiger partial charge in [-0.25, -0.2) is 9.37 Å². The number of aromatic amines is 1. The highest BCUT2D eigenvalue weighted by Gasteiger charge is 2.13. The molecule has 0 saturated heterocycles. The van der Waals surface area contributed by atoms with Crippen molar-refractivity contribution >= 4 is 22.6 Å². The zero-order valence-electron chi connectivity index (χ0n) is 9.54. The number of nitrogens with one attached hydrogen (secondary N) is 1. The van der Waals surface area contributed by atoms with Crippen LogP contribution in [-0.4, -0.2) is 15.0 Å². The number of benzene rings is 1. The zero-order chi connectivity index (χ0) is 12.7. The number of H-pyrrole nitrogens is 1. The lowest BCUT2D eigenvalue weighted by Crippen LogP contribution is -1.87. The number of pyridine rings is 1. The van der Waals surface area contributed by atoms with Crippen LogP contribution in [-0.2, 0) is 0 Å². The minimum Gasteiger partial charge on any atom is -0.338 e. The standard InChI is InChI=1S/C13H9ClFN3/c1-7-8(3-2-6-16-7)13-17-10-5-4-9(14)11(15)12(10)18-13/h2-6H,1H3,(H,17,18). The molecule has 0 spiro atoms. The molecule has 0 atom stereocenters. The summed E-state index contributed by atoms with van der Waals surface area (Å²) in [6, 6.07) is 6.93. The highest BCUT2D eigenvalue weighted by atomic mass is 35.5. The van der Waals surface area contributed by atoms with Crippen LogP contribution < -0.4 is 0 Å². The van der Waals surface area contributed by atoms with Crippen molar-refractivity contribution in [2.45, 2.75) is 6.92 Å². The third-order valence-electron chi connectivity index (χ3n) is 2.81. The Morgan fingerprint density at radius 3 is 2.89 bits per heavy atom. The Kier molecular flexibility index (Phi) is 2.52. The van der Waals surface area contributed by atoms with Gasteiger partial charge in [0.05, 0.1) is 10.5 Å². The quantitative estimate of drug-likeness (QED) is 0.725. The van der Waals surface area contributed by atoms with Gasteiger partial charge in [-0.1, -0.05) is 11.6 Å². The monoisotopic (exact) mass is 261 g/mol. The number of aromatic nitrogens is 3. The third kappa shape index (κ3) is 1.66. The molecule has 2 heterocycles. The Morgan fingerprint density at radius 2 is 2.11 bits per heavy atom. The van der Waals surface area contributed by atoms with Crippen molar-refractivity contribution in [1.82, 2.24) is 15.0 Å². The van der Waals surface area contributed by atoms with Crippen LogP contribution >= 0.6 is 11.6 Å². The molecule has 5 heteroatoms. The van der Waals surface area contributed by atoms with E-state index < -0.39 is 5.82 Å². The number of hydrogen-bond acceptors (Lipinski definition) is 2. The molecule has 0 aliphatic rings. The minimum absolute atomic E-state index is 0.0726. The molecule has 0 saturated carbocycles. The number of rotatable bonds is 1. The van der Waals surface area contributed by atoms with Gasteiger partial charge in [0.15, 0.2) is 5.82 Å². The van der Waals surface area contributed by atoms with Crippen LogP contribution in [0.25, 0.3) is 22.4 Å². The van der Waals surface area contributed by atoms with E-state index in [1.54, 1.807) is 12.3 Å². The number of halogens is 2. The van der Waals surface area contributed by atoms with Crippen LogP contribution in [0.15, 0.2) is 30.5 Å². The van der Waals surface area contributed by atoms with E-state index in [0.29, 0.717) is 11.3 Å². The van der Waals surface area contributed by atoms with E-state index in [1.807, 2.05) is 19.1 Å². The second kappa shape index (κ2) is 4.07. The SMILES string of the molecule is Cc1ncccc1-c1nc2c(F)c(Cl)ccc2[nH]1. The maximum atomic E-state index is 13.8. The second-order valence-electron chi connectivity index (χ2n) is 3.98. The van der Waals surface area contributed by atoms with Gasteiger partial charge in [-0.2, -0.15) is 0 Å². The predicted molar refractivity (Wildman–Crippen MR) is 69.0 cm³/mol. The molecule has 1 N–H and O–H groups in total. The Labute approximate surface area is 108 Å². The van der Waals surface area contributed by atoms with Crippen LogP contribution in [0, 0.1) is 12.7 Å². The lowest BCUT2D eigenvalue weighted by Gasteiger charge is -1.99. The summed E-state index contributed by atoms with van der Waals surface area (Å²) < 4.78 is 13.8. The number of fused-ring (bicyclic) bond motifs is 1. The molecule has 0 radical (unpaired) electrons. The minimum atomic E-state index is -0.502. The van der Waals surface area contributed by atoms with Crippen LogP contribution in [0.5, 0.6) is 0 Å². The number of aryl methyl sites for hydroxylation is 1. The molecule has 0 bridgehead atoms. The summed E-state index contributed by atoms with van der Waals surface area (Å²) in [7, 11) is 0. The largest absolute Gasteiger partial charge is 0.338 e. The molecule has 3 nitrogen and oxygen atoms in total. The molecule has 0 amide bonds. The van der Waals surface area contributed by atoms with Crippen LogP contribution in [0.3, 0.4) is 0 Å². The Hall–Kier alpha value is -1.94. The van der Waals surface area contributed by atoms with Gasteiger partial charge >= 0.3 is 0 Å². The topological polar surface area (TPSA) is 41.6 Å². The van der Waals surface area contributed by atoms with Crippen molar-refractivity contribution in [3.8, 4) is 11.4 Å². The summed E-state index contributed by atoms with van der Waals surface area (Å²) in [5.74, 6) is 0.0926. The van der Waals surface area contributed by atoms with Gasteiger partial charge in [-0.15, -0.1) is 0 Å². The summed E-state index contributed by atoms with van der Waals surface area (Å²) in [5, 5.41) is 0.0726. The Bertz CT molecular complexity index is 736. The summed E-state index contributed by atoms with van der Waals surface area (Å²) in [6.07, 6.45) is 1.71. The summed E-state index contributed by atoms with van der Waals surface area (Å²) in [6.45, 7) is 1.88. The van der Waals surface area contributed by atoms with Crippen molar-refractivity contribution in [2.75, 3.05) is 0 Å². The molecule has 2 aromatic heterocycles. The van der Waals surface area contributed by atoms with Gasteiger partial charge in [0.2, 0.25) is 0 Å². The van der Waals surface area contributed by atoms with E-state index in [2.05, 4.69) is 15.0 Å². The van der Waals surface area contributed by atoms with Crippen molar-refractivity contribution in [2.24, 2.45) is 0 Å². The fraction of sp³-hybridized carbons (Fsp3) is 0.0769. The van der Waals surface area contributed by atoms with Gasteiger partial charge in [-0.05, 0) is 31.2 Å². The Morgan fingerprint density at radius 1 is 1.28 bits per heavy atom. The van der Waals surface area contributed by atoms with E-state index in [4.69, 9.17) is 11.6 Å². The maximum Gasteiger partial charge on any atom is 0.169 e. The lowest BCUT2D eigenvalue weighted by molar-refractivity contribution is 0.638. The average molecular weight is 262 g/mol. The van der Waals surface area contributed by atoms with Crippen LogP contribution in [0.1, 0.15) is 5.69 Å².